The fourth-order valence-corrected chi connectivity index (χ4v) is 1.42. The Kier molecular flexibility index (Phi) is 3.23. The van der Waals surface area contributed by atoms with E-state index in [1.54, 1.807) is 18.3 Å². The van der Waals surface area contributed by atoms with Gasteiger partial charge in [-0.25, -0.2) is 4.98 Å². The second-order valence-electron chi connectivity index (χ2n) is 4.07. The molecule has 5 heteroatoms. The van der Waals surface area contributed by atoms with E-state index < -0.39 is 0 Å². The van der Waals surface area contributed by atoms with E-state index in [0.29, 0.717) is 11.4 Å². The molecule has 0 radical (unpaired) electrons. The summed E-state index contributed by atoms with van der Waals surface area (Å²) in [7, 11) is 0. The highest BCUT2D eigenvalue weighted by Gasteiger charge is 2.08. The minimum Gasteiger partial charge on any atom is -0.398 e. The number of amides is 1. The second kappa shape index (κ2) is 4.83. The number of nitrogens with one attached hydrogen (secondary N) is 1. The van der Waals surface area contributed by atoms with Gasteiger partial charge in [0.25, 0.3) is 5.91 Å². The monoisotopic (exact) mass is 242 g/mol. The van der Waals surface area contributed by atoms with E-state index in [1.807, 2.05) is 19.9 Å². The van der Waals surface area contributed by atoms with Crippen molar-refractivity contribution in [3.8, 4) is 0 Å². The van der Waals surface area contributed by atoms with Crippen molar-refractivity contribution in [3.05, 3.63) is 47.5 Å². The number of hydrogen-bond donors (Lipinski definition) is 2. The van der Waals surface area contributed by atoms with Crippen LogP contribution in [0.15, 0.2) is 30.6 Å². The van der Waals surface area contributed by atoms with Gasteiger partial charge in [0.1, 0.15) is 5.69 Å². The molecule has 0 spiro atoms. The summed E-state index contributed by atoms with van der Waals surface area (Å²) in [4.78, 5) is 19.9. The summed E-state index contributed by atoms with van der Waals surface area (Å²) in [5.74, 6) is -0.300. The van der Waals surface area contributed by atoms with Crippen LogP contribution < -0.4 is 11.1 Å². The Hall–Kier alpha value is -2.43. The average molecular weight is 242 g/mol. The summed E-state index contributed by atoms with van der Waals surface area (Å²) in [5.41, 5.74) is 9.08. The minimum atomic E-state index is -0.300. The quantitative estimate of drug-likeness (QED) is 0.788. The van der Waals surface area contributed by atoms with Crippen LogP contribution in [0.25, 0.3) is 0 Å². The van der Waals surface area contributed by atoms with Crippen LogP contribution in [0.4, 0.5) is 11.4 Å². The number of nitrogen functional groups attached to an aromatic ring is 1. The van der Waals surface area contributed by atoms with Gasteiger partial charge in [0.05, 0.1) is 11.9 Å². The minimum absolute atomic E-state index is 0.278. The van der Waals surface area contributed by atoms with Gasteiger partial charge in [-0.2, -0.15) is 0 Å². The van der Waals surface area contributed by atoms with Crippen molar-refractivity contribution in [1.82, 2.24) is 9.97 Å². The van der Waals surface area contributed by atoms with E-state index in [1.165, 1.54) is 6.20 Å². The van der Waals surface area contributed by atoms with Crippen LogP contribution in [0, 0.1) is 13.8 Å². The molecule has 5 nitrogen and oxygen atoms in total. The lowest BCUT2D eigenvalue weighted by Crippen LogP contribution is -2.14. The predicted molar refractivity (Wildman–Crippen MR) is 70.3 cm³/mol. The topological polar surface area (TPSA) is 80.9 Å². The molecule has 0 bridgehead atoms. The number of carbonyl (C=O) groups is 1. The molecule has 0 aliphatic carbocycles. The first kappa shape index (κ1) is 12.0. The van der Waals surface area contributed by atoms with Crippen molar-refractivity contribution in [2.45, 2.75) is 13.8 Å². The Labute approximate surface area is 105 Å². The zero-order valence-corrected chi connectivity index (χ0v) is 10.3. The molecule has 3 N–H and O–H groups in total. The van der Waals surface area contributed by atoms with Crippen molar-refractivity contribution in [2.75, 3.05) is 11.1 Å². The molecule has 18 heavy (non-hydrogen) atoms. The van der Waals surface area contributed by atoms with Crippen LogP contribution in [0.2, 0.25) is 0 Å². The lowest BCUT2D eigenvalue weighted by Gasteiger charge is -2.07. The van der Waals surface area contributed by atoms with E-state index in [0.717, 1.165) is 11.3 Å². The van der Waals surface area contributed by atoms with E-state index >= 15 is 0 Å². The van der Waals surface area contributed by atoms with Gasteiger partial charge in [0, 0.05) is 17.6 Å². The van der Waals surface area contributed by atoms with E-state index in [-0.39, 0.29) is 11.6 Å². The Balaban J connectivity index is 2.16. The molecule has 0 fully saturated rings. The van der Waals surface area contributed by atoms with Crippen molar-refractivity contribution in [1.29, 1.82) is 0 Å². The molecule has 92 valence electrons. The Bertz CT molecular complexity index is 578. The lowest BCUT2D eigenvalue weighted by molar-refractivity contribution is 0.102. The number of anilines is 2. The van der Waals surface area contributed by atoms with Crippen LogP contribution >= 0.6 is 0 Å². The number of nitrogens with two attached hydrogens (primary N) is 1. The van der Waals surface area contributed by atoms with E-state index in [2.05, 4.69) is 15.3 Å². The summed E-state index contributed by atoms with van der Waals surface area (Å²) in [6.07, 6.45) is 3.00. The number of aryl methyl sites for hydroxylation is 2. The van der Waals surface area contributed by atoms with Crippen molar-refractivity contribution < 1.29 is 4.79 Å². The Morgan fingerprint density at radius 1 is 1.22 bits per heavy atom. The fraction of sp³-hybridized carbons (Fsp3) is 0.154. The highest BCUT2D eigenvalue weighted by atomic mass is 16.1. The normalized spacial score (nSPS) is 10.1. The molecule has 0 aliphatic rings. The van der Waals surface area contributed by atoms with Gasteiger partial charge in [0.2, 0.25) is 0 Å². The van der Waals surface area contributed by atoms with Gasteiger partial charge in [-0.1, -0.05) is 6.07 Å². The van der Waals surface area contributed by atoms with Gasteiger partial charge < -0.3 is 11.1 Å². The van der Waals surface area contributed by atoms with Gasteiger partial charge in [-0.3, -0.25) is 9.78 Å². The summed E-state index contributed by atoms with van der Waals surface area (Å²) in [6, 6.07) is 5.37. The highest BCUT2D eigenvalue weighted by Crippen LogP contribution is 2.17. The van der Waals surface area contributed by atoms with Crippen molar-refractivity contribution in [2.24, 2.45) is 0 Å². The van der Waals surface area contributed by atoms with E-state index in [9.17, 15) is 4.79 Å². The second-order valence-corrected chi connectivity index (χ2v) is 4.07. The highest BCUT2D eigenvalue weighted by molar-refractivity contribution is 6.02. The van der Waals surface area contributed by atoms with Gasteiger partial charge in [-0.05, 0) is 31.5 Å². The molecular formula is C13H14N4O. The molecule has 0 aliphatic heterocycles. The molecular weight excluding hydrogens is 228 g/mol. The molecule has 1 heterocycles. The van der Waals surface area contributed by atoms with Crippen molar-refractivity contribution >= 4 is 17.3 Å². The third kappa shape index (κ3) is 2.63. The van der Waals surface area contributed by atoms with Gasteiger partial charge >= 0.3 is 0 Å². The molecule has 1 aromatic carbocycles. The average Bonchev–Trinajstić information content (AvgIpc) is 2.34. The van der Waals surface area contributed by atoms with Crippen LogP contribution in [0.1, 0.15) is 21.7 Å². The molecule has 1 aromatic heterocycles. The smallest absolute Gasteiger partial charge is 0.275 e. The molecule has 2 aromatic rings. The maximum atomic E-state index is 11.9. The first-order valence-corrected chi connectivity index (χ1v) is 5.52. The number of carbonyl (C=O) groups excluding carboxylic acids is 1. The Morgan fingerprint density at radius 3 is 2.61 bits per heavy atom. The summed E-state index contributed by atoms with van der Waals surface area (Å²) >= 11 is 0. The zero-order chi connectivity index (χ0) is 13.1. The van der Waals surface area contributed by atoms with Crippen LogP contribution in [0.3, 0.4) is 0 Å². The molecule has 0 unspecified atom stereocenters. The SMILES string of the molecule is Cc1cnc(C(=O)Nc2ccc(C)c(N)c2)cn1. The first-order valence-electron chi connectivity index (χ1n) is 5.52. The van der Waals surface area contributed by atoms with Gasteiger partial charge in [-0.15, -0.1) is 0 Å². The predicted octanol–water partition coefficient (Wildman–Crippen LogP) is 1.93. The third-order valence-electron chi connectivity index (χ3n) is 2.55. The summed E-state index contributed by atoms with van der Waals surface area (Å²) in [6.45, 7) is 3.72. The maximum absolute atomic E-state index is 11.9. The fourth-order valence-electron chi connectivity index (χ4n) is 1.42. The summed E-state index contributed by atoms with van der Waals surface area (Å²) < 4.78 is 0. The molecule has 0 atom stereocenters. The largest absolute Gasteiger partial charge is 0.398 e. The molecule has 1 amide bonds. The lowest BCUT2D eigenvalue weighted by atomic mass is 10.2. The summed E-state index contributed by atoms with van der Waals surface area (Å²) in [5, 5.41) is 2.72. The zero-order valence-electron chi connectivity index (χ0n) is 10.3. The Morgan fingerprint density at radius 2 is 2.00 bits per heavy atom. The number of hydrogen-bond acceptors (Lipinski definition) is 4. The first-order chi connectivity index (χ1) is 8.56. The van der Waals surface area contributed by atoms with E-state index in [4.69, 9.17) is 5.73 Å². The third-order valence-corrected chi connectivity index (χ3v) is 2.55. The number of aromatic nitrogens is 2. The maximum Gasteiger partial charge on any atom is 0.275 e. The molecule has 0 saturated heterocycles. The number of rotatable bonds is 2. The number of benzene rings is 1. The van der Waals surface area contributed by atoms with Crippen molar-refractivity contribution in [3.63, 3.8) is 0 Å². The van der Waals surface area contributed by atoms with Crippen LogP contribution in [0.5, 0.6) is 0 Å². The van der Waals surface area contributed by atoms with Crippen LogP contribution in [-0.2, 0) is 0 Å². The van der Waals surface area contributed by atoms with Gasteiger partial charge in [0.15, 0.2) is 0 Å². The molecule has 2 rings (SSSR count). The number of nitrogens with zero attached hydrogens (tertiary/aromatic N) is 2. The van der Waals surface area contributed by atoms with Crippen LogP contribution in [-0.4, -0.2) is 15.9 Å². The standard InChI is InChI=1S/C13H14N4O/c1-8-3-4-10(5-11(8)14)17-13(18)12-7-15-9(2)6-16-12/h3-7H,14H2,1-2H3,(H,17,18). The molecule has 0 saturated carbocycles.